The van der Waals surface area contributed by atoms with Gasteiger partial charge in [0.05, 0.1) is 6.21 Å². The summed E-state index contributed by atoms with van der Waals surface area (Å²) in [6, 6.07) is 21.2. The molecule has 0 spiro atoms. The molecule has 0 unspecified atom stereocenters. The Kier molecular flexibility index (Phi) is 7.49. The normalized spacial score (nSPS) is 11.1. The first-order valence-corrected chi connectivity index (χ1v) is 11.7. The van der Waals surface area contributed by atoms with E-state index in [0.717, 1.165) is 27.8 Å². The molecule has 1 amide bonds. The van der Waals surface area contributed by atoms with Crippen LogP contribution >= 0.6 is 0 Å². The highest BCUT2D eigenvalue weighted by Crippen LogP contribution is 2.30. The summed E-state index contributed by atoms with van der Waals surface area (Å²) in [5.74, 6) is 0.0748. The Labute approximate surface area is 210 Å². The van der Waals surface area contributed by atoms with Crippen molar-refractivity contribution < 1.29 is 13.9 Å². The Balaban J connectivity index is 1.43. The van der Waals surface area contributed by atoms with Crippen molar-refractivity contribution in [3.8, 4) is 5.75 Å². The SMILES string of the molecule is Cc1c(Cc2ccccc2)c(=O)oc2c(C)c(OCC(=O)N/N=C/c3ccc(N(C)C)cc3)ccc12. The van der Waals surface area contributed by atoms with Gasteiger partial charge in [0.15, 0.2) is 6.61 Å². The largest absolute Gasteiger partial charge is 0.483 e. The number of carbonyl (C=O) groups is 1. The van der Waals surface area contributed by atoms with E-state index in [-0.39, 0.29) is 12.2 Å². The van der Waals surface area contributed by atoms with Gasteiger partial charge in [0, 0.05) is 42.7 Å². The number of hydrogen-bond acceptors (Lipinski definition) is 6. The Hall–Kier alpha value is -4.39. The van der Waals surface area contributed by atoms with Crippen molar-refractivity contribution in [2.75, 3.05) is 25.6 Å². The quantitative estimate of drug-likeness (QED) is 0.225. The lowest BCUT2D eigenvalue weighted by atomic mass is 9.98. The van der Waals surface area contributed by atoms with E-state index < -0.39 is 5.91 Å². The van der Waals surface area contributed by atoms with Gasteiger partial charge < -0.3 is 14.1 Å². The summed E-state index contributed by atoms with van der Waals surface area (Å²) < 4.78 is 11.4. The van der Waals surface area contributed by atoms with Gasteiger partial charge in [-0.05, 0) is 54.8 Å². The third kappa shape index (κ3) is 5.63. The number of fused-ring (bicyclic) bond motifs is 1. The monoisotopic (exact) mass is 483 g/mol. The lowest BCUT2D eigenvalue weighted by Crippen LogP contribution is -2.24. The first-order chi connectivity index (χ1) is 17.3. The van der Waals surface area contributed by atoms with Crippen molar-refractivity contribution >= 4 is 28.8 Å². The van der Waals surface area contributed by atoms with Gasteiger partial charge in [-0.1, -0.05) is 42.5 Å². The lowest BCUT2D eigenvalue weighted by Gasteiger charge is -2.13. The predicted molar refractivity (Wildman–Crippen MR) is 143 cm³/mol. The third-order valence-electron chi connectivity index (χ3n) is 6.05. The molecule has 7 heteroatoms. The second-order valence-electron chi connectivity index (χ2n) is 8.79. The zero-order valence-corrected chi connectivity index (χ0v) is 20.9. The van der Waals surface area contributed by atoms with Crippen LogP contribution in [0, 0.1) is 13.8 Å². The minimum atomic E-state index is -0.397. The van der Waals surface area contributed by atoms with Crippen LogP contribution in [0.1, 0.15) is 27.8 Å². The van der Waals surface area contributed by atoms with E-state index in [4.69, 9.17) is 9.15 Å². The van der Waals surface area contributed by atoms with Crippen LogP contribution < -0.4 is 20.7 Å². The average Bonchev–Trinajstić information content (AvgIpc) is 2.87. The number of benzene rings is 3. The number of anilines is 1. The van der Waals surface area contributed by atoms with Crippen molar-refractivity contribution in [1.29, 1.82) is 0 Å². The average molecular weight is 484 g/mol. The van der Waals surface area contributed by atoms with Crippen LogP contribution in [0.15, 0.2) is 81.0 Å². The molecule has 3 aromatic carbocycles. The minimum Gasteiger partial charge on any atom is -0.483 e. The Morgan fingerprint density at radius 1 is 1.00 bits per heavy atom. The van der Waals surface area contributed by atoms with Gasteiger partial charge in [0.1, 0.15) is 11.3 Å². The zero-order chi connectivity index (χ0) is 25.7. The smallest absolute Gasteiger partial charge is 0.340 e. The summed E-state index contributed by atoms with van der Waals surface area (Å²) in [5.41, 5.74) is 7.73. The van der Waals surface area contributed by atoms with Crippen LogP contribution in [-0.2, 0) is 11.2 Å². The number of nitrogens with one attached hydrogen (secondary N) is 1. The number of nitrogens with zero attached hydrogens (tertiary/aromatic N) is 2. The summed E-state index contributed by atoms with van der Waals surface area (Å²) in [5, 5.41) is 4.84. The fraction of sp³-hybridized carbons (Fsp3) is 0.207. The Morgan fingerprint density at radius 2 is 1.72 bits per heavy atom. The molecule has 0 radical (unpaired) electrons. The van der Waals surface area contributed by atoms with Crippen LogP contribution in [0.4, 0.5) is 5.69 Å². The van der Waals surface area contributed by atoms with Crippen LogP contribution in [0.25, 0.3) is 11.0 Å². The summed E-state index contributed by atoms with van der Waals surface area (Å²) in [6.07, 6.45) is 2.08. The van der Waals surface area contributed by atoms with E-state index in [1.165, 1.54) is 0 Å². The number of ether oxygens (including phenoxy) is 1. The van der Waals surface area contributed by atoms with E-state index in [9.17, 15) is 9.59 Å². The topological polar surface area (TPSA) is 84.1 Å². The molecule has 4 rings (SSSR count). The molecule has 0 saturated carbocycles. The maximum absolute atomic E-state index is 12.8. The van der Waals surface area contributed by atoms with Crippen LogP contribution in [0.2, 0.25) is 0 Å². The third-order valence-corrected chi connectivity index (χ3v) is 6.05. The number of rotatable bonds is 8. The fourth-order valence-corrected chi connectivity index (χ4v) is 3.94. The molecule has 1 N–H and O–H groups in total. The lowest BCUT2D eigenvalue weighted by molar-refractivity contribution is -0.123. The van der Waals surface area contributed by atoms with E-state index in [1.54, 1.807) is 12.3 Å². The Bertz CT molecular complexity index is 1460. The van der Waals surface area contributed by atoms with Gasteiger partial charge in [-0.2, -0.15) is 5.10 Å². The van der Waals surface area contributed by atoms with Crippen molar-refractivity contribution in [3.63, 3.8) is 0 Å². The molecule has 0 aliphatic heterocycles. The molecular weight excluding hydrogens is 454 g/mol. The van der Waals surface area contributed by atoms with Gasteiger partial charge in [-0.25, -0.2) is 10.2 Å². The number of hydrogen-bond donors (Lipinski definition) is 1. The van der Waals surface area contributed by atoms with E-state index >= 15 is 0 Å². The number of hydrazone groups is 1. The molecule has 0 aliphatic rings. The van der Waals surface area contributed by atoms with Gasteiger partial charge in [0.25, 0.3) is 5.91 Å². The van der Waals surface area contributed by atoms with Crippen LogP contribution in [0.5, 0.6) is 5.75 Å². The summed E-state index contributed by atoms with van der Waals surface area (Å²) >= 11 is 0. The van der Waals surface area contributed by atoms with E-state index in [2.05, 4.69) is 10.5 Å². The van der Waals surface area contributed by atoms with Crippen molar-refractivity contribution in [3.05, 3.63) is 105 Å². The zero-order valence-electron chi connectivity index (χ0n) is 20.9. The van der Waals surface area contributed by atoms with Crippen LogP contribution in [-0.4, -0.2) is 32.8 Å². The van der Waals surface area contributed by atoms with Crippen LogP contribution in [0.3, 0.4) is 0 Å². The molecule has 0 fully saturated rings. The molecule has 0 bridgehead atoms. The molecule has 0 atom stereocenters. The highest BCUT2D eigenvalue weighted by Gasteiger charge is 2.16. The number of carbonyl (C=O) groups excluding carboxylic acids is 1. The number of aryl methyl sites for hydroxylation is 2. The first-order valence-electron chi connectivity index (χ1n) is 11.7. The molecule has 0 saturated heterocycles. The highest BCUT2D eigenvalue weighted by atomic mass is 16.5. The fourth-order valence-electron chi connectivity index (χ4n) is 3.94. The molecule has 4 aromatic rings. The van der Waals surface area contributed by atoms with Gasteiger partial charge in [-0.3, -0.25) is 4.79 Å². The van der Waals surface area contributed by atoms with Crippen molar-refractivity contribution in [2.24, 2.45) is 5.10 Å². The van der Waals surface area contributed by atoms with E-state index in [1.807, 2.05) is 93.5 Å². The molecule has 184 valence electrons. The van der Waals surface area contributed by atoms with E-state index in [0.29, 0.717) is 28.9 Å². The summed E-state index contributed by atoms with van der Waals surface area (Å²) in [6.45, 7) is 3.51. The minimum absolute atomic E-state index is 0.224. The maximum atomic E-state index is 12.8. The first kappa shape index (κ1) is 24.7. The second-order valence-corrected chi connectivity index (χ2v) is 8.79. The molecule has 1 aromatic heterocycles. The number of amides is 1. The molecule has 0 aliphatic carbocycles. The van der Waals surface area contributed by atoms with Gasteiger partial charge >= 0.3 is 5.63 Å². The van der Waals surface area contributed by atoms with Gasteiger partial charge in [-0.15, -0.1) is 0 Å². The molecule has 36 heavy (non-hydrogen) atoms. The summed E-state index contributed by atoms with van der Waals surface area (Å²) in [4.78, 5) is 27.0. The molecule has 7 nitrogen and oxygen atoms in total. The maximum Gasteiger partial charge on any atom is 0.340 e. The predicted octanol–water partition coefficient (Wildman–Crippen LogP) is 4.60. The highest BCUT2D eigenvalue weighted by molar-refractivity contribution is 5.86. The van der Waals surface area contributed by atoms with Gasteiger partial charge in [0.2, 0.25) is 0 Å². The van der Waals surface area contributed by atoms with Crippen molar-refractivity contribution in [1.82, 2.24) is 5.43 Å². The second kappa shape index (κ2) is 10.9. The summed E-state index contributed by atoms with van der Waals surface area (Å²) in [7, 11) is 3.94. The Morgan fingerprint density at radius 3 is 2.42 bits per heavy atom. The molecule has 1 heterocycles. The standard InChI is InChI=1S/C29H29N3O4/c1-19-24-14-15-26(20(2)28(24)36-29(34)25(19)16-21-8-6-5-7-9-21)35-18-27(33)31-30-17-22-10-12-23(13-11-22)32(3)4/h5-15,17H,16,18H2,1-4H3,(H,31,33)/b30-17+. The molecular formula is C29H29N3O4. The van der Waals surface area contributed by atoms with Crippen molar-refractivity contribution in [2.45, 2.75) is 20.3 Å².